The van der Waals surface area contributed by atoms with Gasteiger partial charge in [0.25, 0.3) is 0 Å². The van der Waals surface area contributed by atoms with Crippen LogP contribution in [0.5, 0.6) is 0 Å². The summed E-state index contributed by atoms with van der Waals surface area (Å²) in [4.78, 5) is 0. The lowest BCUT2D eigenvalue weighted by Crippen LogP contribution is -2.07. The lowest BCUT2D eigenvalue weighted by atomic mass is 15.0. The molecule has 1 heterocycles. The van der Waals surface area contributed by atoms with E-state index >= 15 is 0 Å². The van der Waals surface area contributed by atoms with Crippen molar-refractivity contribution >= 4 is 28.6 Å². The average Bonchev–Trinajstić information content (AvgIpc) is 2.21. The zero-order chi connectivity index (χ0) is 4.41. The second-order valence-corrected chi connectivity index (χ2v) is 7.96. The van der Waals surface area contributed by atoms with E-state index in [4.69, 9.17) is 4.12 Å². The molecule has 0 aromatic heterocycles. The minimum absolute atomic E-state index is 0.276. The van der Waals surface area contributed by atoms with Crippen LogP contribution in [0.2, 0.25) is 0 Å². The molecule has 36 valence electrons. The summed E-state index contributed by atoms with van der Waals surface area (Å²) in [6.07, 6.45) is 0. The van der Waals surface area contributed by atoms with Crippen LogP contribution in [0.15, 0.2) is 0 Å². The Morgan fingerprint density at radius 1 is 1.67 bits per heavy atom. The number of rotatable bonds is 2. The van der Waals surface area contributed by atoms with Gasteiger partial charge in [0.05, 0.1) is 0 Å². The molecule has 0 aliphatic carbocycles. The summed E-state index contributed by atoms with van der Waals surface area (Å²) >= 11 is 0. The van der Waals surface area contributed by atoms with Crippen molar-refractivity contribution in [3.63, 3.8) is 0 Å². The Balaban J connectivity index is 1.88. The molecule has 6 heavy (non-hydrogen) atoms. The first-order valence-corrected chi connectivity index (χ1v) is 7.35. The molecule has 0 amide bonds. The van der Waals surface area contributed by atoms with Gasteiger partial charge >= 0.3 is 8.80 Å². The summed E-state index contributed by atoms with van der Waals surface area (Å²) < 4.78 is 14.0. The number of hydrogen-bond donors (Lipinski definition) is 0. The van der Waals surface area contributed by atoms with Crippen LogP contribution in [0.1, 0.15) is 0 Å². The maximum absolute atomic E-state index is 4.96. The van der Waals surface area contributed by atoms with Crippen LogP contribution in [0.25, 0.3) is 0 Å². The van der Waals surface area contributed by atoms with Crippen molar-refractivity contribution in [3.8, 4) is 0 Å². The van der Waals surface area contributed by atoms with Crippen LogP contribution in [0.4, 0.5) is 0 Å². The molecule has 3 nitrogen and oxygen atoms in total. The molecule has 6 heteroatoms. The summed E-state index contributed by atoms with van der Waals surface area (Å²) in [5.41, 5.74) is 0. The van der Waals surface area contributed by atoms with Crippen molar-refractivity contribution < 1.29 is 13.3 Å². The van der Waals surface area contributed by atoms with Crippen LogP contribution in [-0.2, 0) is 13.3 Å². The molecule has 0 radical (unpaired) electrons. The fourth-order valence-corrected chi connectivity index (χ4v) is 5.23. The van der Waals surface area contributed by atoms with Crippen LogP contribution in [0, 0.1) is 0 Å². The second kappa shape index (κ2) is 2.00. The summed E-state index contributed by atoms with van der Waals surface area (Å²) in [5, 5.41) is 0. The third-order valence-electron chi connectivity index (χ3n) is 0.535. The van der Waals surface area contributed by atoms with Crippen molar-refractivity contribution in [2.75, 3.05) is 0 Å². The molecule has 1 fully saturated rings. The Labute approximate surface area is 42.6 Å². The fraction of sp³-hybridized carbons (Fsp3) is 0. The zero-order valence-electron chi connectivity index (χ0n) is 3.51. The average molecular weight is 138 g/mol. The third kappa shape index (κ3) is 1.32. The largest absolute Gasteiger partial charge is 0.466 e. The Hall–Kier alpha value is 0.531. The van der Waals surface area contributed by atoms with Crippen LogP contribution in [-0.4, -0.2) is 28.6 Å². The van der Waals surface area contributed by atoms with Gasteiger partial charge < -0.3 is 4.12 Å². The van der Waals surface area contributed by atoms with Gasteiger partial charge in [-0.2, -0.15) is 0 Å². The summed E-state index contributed by atoms with van der Waals surface area (Å²) in [6, 6.07) is 0. The Bertz CT molecular complexity index is 41.3. The molecule has 1 saturated heterocycles. The SMILES string of the molecule is [SiH3]O[SiH2][SiH]1OO1. The number of hydrogen-bond acceptors (Lipinski definition) is 3. The van der Waals surface area contributed by atoms with Gasteiger partial charge in [-0.3, -0.25) is 9.15 Å². The van der Waals surface area contributed by atoms with Gasteiger partial charge in [-0.15, -0.1) is 0 Å². The molecule has 1 aliphatic rings. The Morgan fingerprint density at radius 3 is 2.50 bits per heavy atom. The van der Waals surface area contributed by atoms with Gasteiger partial charge in [0.2, 0.25) is 9.28 Å². The second-order valence-electron chi connectivity index (χ2n) is 1.08. The van der Waals surface area contributed by atoms with E-state index in [1.807, 2.05) is 0 Å². The van der Waals surface area contributed by atoms with E-state index in [0.29, 0.717) is 0 Å². The van der Waals surface area contributed by atoms with E-state index in [0.717, 1.165) is 10.5 Å². The molecular weight excluding hydrogens is 132 g/mol. The van der Waals surface area contributed by atoms with Crippen molar-refractivity contribution in [1.29, 1.82) is 0 Å². The zero-order valence-corrected chi connectivity index (χ0v) is 8.08. The highest BCUT2D eigenvalue weighted by molar-refractivity contribution is 7.06. The highest BCUT2D eigenvalue weighted by Gasteiger charge is 2.29. The minimum Gasteiger partial charge on any atom is -0.466 e. The maximum Gasteiger partial charge on any atom is 0.396 e. The van der Waals surface area contributed by atoms with Gasteiger partial charge in [-0.05, 0) is 0 Å². The maximum atomic E-state index is 4.96. The first-order valence-electron chi connectivity index (χ1n) is 1.74. The first kappa shape index (κ1) is 4.68. The van der Waals surface area contributed by atoms with Gasteiger partial charge in [-0.1, -0.05) is 0 Å². The van der Waals surface area contributed by atoms with E-state index in [9.17, 15) is 0 Å². The van der Waals surface area contributed by atoms with E-state index in [-0.39, 0.29) is 9.28 Å². The monoisotopic (exact) mass is 138 g/mol. The molecule has 1 aliphatic heterocycles. The standard InChI is InChI=1S/H6O3Si3/c4-3-5-6-1-2-6/h6H,5H2,4H3. The van der Waals surface area contributed by atoms with Crippen molar-refractivity contribution in [3.05, 3.63) is 0 Å². The smallest absolute Gasteiger partial charge is 0.396 e. The Morgan fingerprint density at radius 2 is 2.33 bits per heavy atom. The summed E-state index contributed by atoms with van der Waals surface area (Å²) in [5.74, 6) is 0. The lowest BCUT2D eigenvalue weighted by Gasteiger charge is -1.78. The molecule has 0 bridgehead atoms. The minimum atomic E-state index is -0.969. The topological polar surface area (TPSA) is 34.3 Å². The van der Waals surface area contributed by atoms with E-state index in [2.05, 4.69) is 9.15 Å². The molecule has 0 saturated carbocycles. The molecule has 0 spiro atoms. The Kier molecular flexibility index (Phi) is 1.56. The van der Waals surface area contributed by atoms with Gasteiger partial charge in [-0.25, -0.2) is 0 Å². The van der Waals surface area contributed by atoms with Gasteiger partial charge in [0.1, 0.15) is 10.5 Å². The first-order chi connectivity index (χ1) is 2.93. The van der Waals surface area contributed by atoms with Crippen LogP contribution >= 0.6 is 0 Å². The molecule has 0 aromatic rings. The third-order valence-corrected chi connectivity index (χ3v) is 7.24. The highest BCUT2D eigenvalue weighted by Crippen LogP contribution is 2.02. The van der Waals surface area contributed by atoms with Crippen molar-refractivity contribution in [1.82, 2.24) is 0 Å². The van der Waals surface area contributed by atoms with Crippen molar-refractivity contribution in [2.24, 2.45) is 0 Å². The quantitative estimate of drug-likeness (QED) is 0.232. The van der Waals surface area contributed by atoms with Gasteiger partial charge in [0, 0.05) is 0 Å². The normalized spacial score (nSPS) is 24.0. The summed E-state index contributed by atoms with van der Waals surface area (Å²) in [6.45, 7) is 0. The highest BCUT2D eigenvalue weighted by atomic mass is 29.2. The van der Waals surface area contributed by atoms with Crippen LogP contribution in [0.3, 0.4) is 0 Å². The molecule has 0 atom stereocenters. The predicted octanol–water partition coefficient (Wildman–Crippen LogP) is -2.95. The van der Waals surface area contributed by atoms with E-state index in [1.54, 1.807) is 0 Å². The lowest BCUT2D eigenvalue weighted by molar-refractivity contribution is 0.0850. The van der Waals surface area contributed by atoms with Crippen molar-refractivity contribution in [2.45, 2.75) is 0 Å². The van der Waals surface area contributed by atoms with Gasteiger partial charge in [0.15, 0.2) is 0 Å². The predicted molar refractivity (Wildman–Crippen MR) is 28.9 cm³/mol. The van der Waals surface area contributed by atoms with E-state index in [1.165, 1.54) is 0 Å². The fourth-order valence-electron chi connectivity index (χ4n) is 0.231. The molecule has 0 aromatic carbocycles. The molecule has 0 N–H and O–H groups in total. The molecular formula is H6O3Si3. The molecule has 0 unspecified atom stereocenters. The van der Waals surface area contributed by atoms with E-state index < -0.39 is 8.80 Å². The molecule has 1 rings (SSSR count). The van der Waals surface area contributed by atoms with Crippen LogP contribution < -0.4 is 0 Å². The summed E-state index contributed by atoms with van der Waals surface area (Å²) in [7, 11) is -0.382.